The molecule has 3 rings (SSSR count). The molecule has 1 aromatic carbocycles. The molecule has 3 N–H and O–H groups in total. The average Bonchev–Trinajstić information content (AvgIpc) is 2.98. The first-order valence-electron chi connectivity index (χ1n) is 8.48. The topological polar surface area (TPSA) is 107 Å². The maximum absolute atomic E-state index is 12.6. The summed E-state index contributed by atoms with van der Waals surface area (Å²) in [4.78, 5) is 14.4. The third-order valence-corrected chi connectivity index (χ3v) is 5.91. The van der Waals surface area contributed by atoms with Crippen LogP contribution < -0.4 is 10.0 Å². The molecule has 140 valence electrons. The van der Waals surface area contributed by atoms with E-state index in [-0.39, 0.29) is 17.3 Å². The molecule has 0 spiro atoms. The zero-order valence-corrected chi connectivity index (χ0v) is 15.7. The van der Waals surface area contributed by atoms with Gasteiger partial charge in [-0.05, 0) is 32.0 Å². The van der Waals surface area contributed by atoms with Crippen molar-refractivity contribution in [3.8, 4) is 0 Å². The van der Waals surface area contributed by atoms with Crippen molar-refractivity contribution in [3.63, 3.8) is 0 Å². The van der Waals surface area contributed by atoms with Gasteiger partial charge in [0.25, 0.3) is 5.91 Å². The Bertz CT molecular complexity index is 881. The highest BCUT2D eigenvalue weighted by molar-refractivity contribution is 7.89. The number of benzene rings is 1. The van der Waals surface area contributed by atoms with Gasteiger partial charge in [0.15, 0.2) is 0 Å². The number of H-pyrrole nitrogens is 1. The molecular weight excluding hydrogens is 354 g/mol. The summed E-state index contributed by atoms with van der Waals surface area (Å²) < 4.78 is 27.8. The van der Waals surface area contributed by atoms with Crippen molar-refractivity contribution in [1.29, 1.82) is 0 Å². The SMILES string of the molecule is Cc1n[nH]c(C)c1CNS(=O)(=O)c1cccc(C(=O)N2CCNCC2)c1. The Morgan fingerprint density at radius 2 is 2.00 bits per heavy atom. The van der Waals surface area contributed by atoms with E-state index in [2.05, 4.69) is 20.2 Å². The van der Waals surface area contributed by atoms with Crippen molar-refractivity contribution < 1.29 is 13.2 Å². The fraction of sp³-hybridized carbons (Fsp3) is 0.412. The molecule has 0 saturated carbocycles. The molecule has 0 unspecified atom stereocenters. The van der Waals surface area contributed by atoms with Gasteiger partial charge in [0.1, 0.15) is 0 Å². The smallest absolute Gasteiger partial charge is 0.253 e. The van der Waals surface area contributed by atoms with Gasteiger partial charge < -0.3 is 10.2 Å². The molecule has 1 amide bonds. The lowest BCUT2D eigenvalue weighted by Crippen LogP contribution is -2.46. The van der Waals surface area contributed by atoms with Crippen LogP contribution in [0, 0.1) is 13.8 Å². The molecule has 2 aromatic rings. The fourth-order valence-electron chi connectivity index (χ4n) is 2.93. The van der Waals surface area contributed by atoms with Crippen LogP contribution in [0.15, 0.2) is 29.2 Å². The first-order valence-corrected chi connectivity index (χ1v) is 9.97. The standard InChI is InChI=1S/C17H23N5O3S/c1-12-16(13(2)21-20-12)11-19-26(24,25)15-5-3-4-14(10-15)17(23)22-8-6-18-7-9-22/h3-5,10,18-19H,6-9,11H2,1-2H3,(H,20,21). The Morgan fingerprint density at radius 1 is 1.27 bits per heavy atom. The van der Waals surface area contributed by atoms with Crippen LogP contribution in [-0.4, -0.2) is 55.6 Å². The van der Waals surface area contributed by atoms with Gasteiger partial charge in [0, 0.05) is 49.5 Å². The lowest BCUT2D eigenvalue weighted by Gasteiger charge is -2.27. The van der Waals surface area contributed by atoms with Crippen LogP contribution in [0.1, 0.15) is 27.3 Å². The average molecular weight is 377 g/mol. The second kappa shape index (κ2) is 7.56. The molecule has 1 aromatic heterocycles. The van der Waals surface area contributed by atoms with Gasteiger partial charge in [0.05, 0.1) is 10.6 Å². The number of hydrogen-bond donors (Lipinski definition) is 3. The van der Waals surface area contributed by atoms with Crippen molar-refractivity contribution in [3.05, 3.63) is 46.8 Å². The molecule has 1 saturated heterocycles. The van der Waals surface area contributed by atoms with Gasteiger partial charge >= 0.3 is 0 Å². The zero-order valence-electron chi connectivity index (χ0n) is 14.9. The second-order valence-electron chi connectivity index (χ2n) is 6.31. The van der Waals surface area contributed by atoms with Gasteiger partial charge in [-0.25, -0.2) is 13.1 Å². The summed E-state index contributed by atoms with van der Waals surface area (Å²) in [7, 11) is -3.73. The summed E-state index contributed by atoms with van der Waals surface area (Å²) in [6, 6.07) is 6.17. The highest BCUT2D eigenvalue weighted by Crippen LogP contribution is 2.16. The Hall–Kier alpha value is -2.23. The van der Waals surface area contributed by atoms with Crippen molar-refractivity contribution in [2.24, 2.45) is 0 Å². The van der Waals surface area contributed by atoms with Gasteiger partial charge in [-0.2, -0.15) is 5.10 Å². The number of aryl methyl sites for hydroxylation is 2. The number of rotatable bonds is 5. The van der Waals surface area contributed by atoms with Crippen LogP contribution in [0.5, 0.6) is 0 Å². The third-order valence-electron chi connectivity index (χ3n) is 4.52. The number of carbonyl (C=O) groups excluding carboxylic acids is 1. The van der Waals surface area contributed by atoms with Crippen molar-refractivity contribution in [2.45, 2.75) is 25.3 Å². The van der Waals surface area contributed by atoms with Gasteiger partial charge in [-0.1, -0.05) is 6.07 Å². The lowest BCUT2D eigenvalue weighted by atomic mass is 10.2. The van der Waals surface area contributed by atoms with E-state index in [1.54, 1.807) is 17.0 Å². The van der Waals surface area contributed by atoms with Crippen molar-refractivity contribution in [2.75, 3.05) is 26.2 Å². The highest BCUT2D eigenvalue weighted by Gasteiger charge is 2.21. The highest BCUT2D eigenvalue weighted by atomic mass is 32.2. The lowest BCUT2D eigenvalue weighted by molar-refractivity contribution is 0.0735. The van der Waals surface area contributed by atoms with E-state index >= 15 is 0 Å². The molecule has 9 heteroatoms. The molecule has 26 heavy (non-hydrogen) atoms. The largest absolute Gasteiger partial charge is 0.336 e. The van der Waals surface area contributed by atoms with Crippen LogP contribution >= 0.6 is 0 Å². The quantitative estimate of drug-likeness (QED) is 0.705. The summed E-state index contributed by atoms with van der Waals surface area (Å²) in [5.74, 6) is -0.148. The van der Waals surface area contributed by atoms with Crippen LogP contribution in [0.25, 0.3) is 0 Å². The summed E-state index contributed by atoms with van der Waals surface area (Å²) in [5, 5.41) is 10.1. The maximum atomic E-state index is 12.6. The monoisotopic (exact) mass is 377 g/mol. The van der Waals surface area contributed by atoms with E-state index in [9.17, 15) is 13.2 Å². The number of amides is 1. The van der Waals surface area contributed by atoms with Crippen LogP contribution in [0.2, 0.25) is 0 Å². The zero-order chi connectivity index (χ0) is 18.7. The van der Waals surface area contributed by atoms with E-state index in [1.807, 2.05) is 13.8 Å². The predicted molar refractivity (Wildman–Crippen MR) is 97.3 cm³/mol. The summed E-state index contributed by atoms with van der Waals surface area (Å²) in [5.41, 5.74) is 2.78. The molecular formula is C17H23N5O3S. The number of piperazine rings is 1. The van der Waals surface area contributed by atoms with E-state index < -0.39 is 10.0 Å². The van der Waals surface area contributed by atoms with E-state index in [4.69, 9.17) is 0 Å². The Kier molecular flexibility index (Phi) is 5.40. The molecule has 0 aliphatic carbocycles. The maximum Gasteiger partial charge on any atom is 0.253 e. The molecule has 1 aliphatic heterocycles. The Labute approximate surface area is 153 Å². The van der Waals surface area contributed by atoms with E-state index in [1.165, 1.54) is 12.1 Å². The Morgan fingerprint density at radius 3 is 2.65 bits per heavy atom. The van der Waals surface area contributed by atoms with E-state index in [0.717, 1.165) is 30.0 Å². The van der Waals surface area contributed by atoms with Crippen LogP contribution in [0.4, 0.5) is 0 Å². The minimum absolute atomic E-state index is 0.0808. The van der Waals surface area contributed by atoms with Crippen LogP contribution in [0.3, 0.4) is 0 Å². The van der Waals surface area contributed by atoms with Crippen molar-refractivity contribution >= 4 is 15.9 Å². The number of sulfonamides is 1. The predicted octanol–water partition coefficient (Wildman–Crippen LogP) is 0.550. The normalized spacial score (nSPS) is 15.2. The first kappa shape index (κ1) is 18.6. The third kappa shape index (κ3) is 3.95. The summed E-state index contributed by atoms with van der Waals surface area (Å²) >= 11 is 0. The second-order valence-corrected chi connectivity index (χ2v) is 8.07. The minimum Gasteiger partial charge on any atom is -0.336 e. The number of nitrogens with zero attached hydrogens (tertiary/aromatic N) is 2. The van der Waals surface area contributed by atoms with Gasteiger partial charge in [-0.15, -0.1) is 0 Å². The molecule has 8 nitrogen and oxygen atoms in total. The van der Waals surface area contributed by atoms with Crippen molar-refractivity contribution in [1.82, 2.24) is 25.1 Å². The van der Waals surface area contributed by atoms with E-state index in [0.29, 0.717) is 18.7 Å². The fourth-order valence-corrected chi connectivity index (χ4v) is 3.97. The Balaban J connectivity index is 1.76. The number of hydrogen-bond acceptors (Lipinski definition) is 5. The molecule has 1 aliphatic rings. The molecule has 0 radical (unpaired) electrons. The summed E-state index contributed by atoms with van der Waals surface area (Å²) in [6.07, 6.45) is 0. The number of nitrogens with one attached hydrogen (secondary N) is 3. The molecule has 0 atom stereocenters. The summed E-state index contributed by atoms with van der Waals surface area (Å²) in [6.45, 7) is 6.53. The minimum atomic E-state index is -3.73. The molecule has 0 bridgehead atoms. The first-order chi connectivity index (χ1) is 12.4. The number of carbonyl (C=O) groups is 1. The molecule has 1 fully saturated rings. The number of aromatic nitrogens is 2. The van der Waals surface area contributed by atoms with Crippen LogP contribution in [-0.2, 0) is 16.6 Å². The number of aromatic amines is 1. The van der Waals surface area contributed by atoms with Gasteiger partial charge in [0.2, 0.25) is 10.0 Å². The van der Waals surface area contributed by atoms with Gasteiger partial charge in [-0.3, -0.25) is 9.89 Å². The molecule has 2 heterocycles.